The lowest BCUT2D eigenvalue weighted by atomic mass is 10.1. The predicted octanol–water partition coefficient (Wildman–Crippen LogP) is 0.530. The van der Waals surface area contributed by atoms with Crippen LogP contribution in [0.3, 0.4) is 0 Å². The van der Waals surface area contributed by atoms with Gasteiger partial charge in [-0.25, -0.2) is 4.99 Å². The highest BCUT2D eigenvalue weighted by Gasteiger charge is 2.51. The highest BCUT2D eigenvalue weighted by atomic mass is 16.6. The van der Waals surface area contributed by atoms with E-state index in [4.69, 9.17) is 10.5 Å². The number of ether oxygens (including phenoxy) is 1. The highest BCUT2D eigenvalue weighted by molar-refractivity contribution is 5.79. The summed E-state index contributed by atoms with van der Waals surface area (Å²) in [4.78, 5) is 6.33. The van der Waals surface area contributed by atoms with E-state index in [2.05, 4.69) is 11.9 Å². The zero-order chi connectivity index (χ0) is 9.42. The van der Waals surface area contributed by atoms with Crippen molar-refractivity contribution >= 4 is 5.96 Å². The first-order valence-electron chi connectivity index (χ1n) is 4.95. The topological polar surface area (TPSA) is 54.1 Å². The van der Waals surface area contributed by atoms with Crippen LogP contribution in [-0.4, -0.2) is 36.3 Å². The monoisotopic (exact) mass is 183 g/mol. The summed E-state index contributed by atoms with van der Waals surface area (Å²) in [5, 5.41) is 0. The quantitative estimate of drug-likeness (QED) is 0.649. The van der Waals surface area contributed by atoms with Gasteiger partial charge in [-0.2, -0.15) is 0 Å². The Bertz CT molecular complexity index is 229. The molecule has 1 fully saturated rings. The summed E-state index contributed by atoms with van der Waals surface area (Å²) < 4.78 is 5.50. The van der Waals surface area contributed by atoms with Gasteiger partial charge in [-0.1, -0.05) is 19.8 Å². The molecule has 1 saturated heterocycles. The van der Waals surface area contributed by atoms with Crippen LogP contribution < -0.4 is 5.73 Å². The summed E-state index contributed by atoms with van der Waals surface area (Å²) >= 11 is 0. The first-order chi connectivity index (χ1) is 6.24. The SMILES string of the molecule is CCCCC1N=C(N)N(C)C2OC12. The number of fused-ring (bicyclic) bond motifs is 1. The van der Waals surface area contributed by atoms with Crippen LogP contribution in [0.5, 0.6) is 0 Å². The van der Waals surface area contributed by atoms with E-state index in [0.717, 1.165) is 6.42 Å². The number of hydrogen-bond acceptors (Lipinski definition) is 4. The van der Waals surface area contributed by atoms with Crippen molar-refractivity contribution in [2.75, 3.05) is 7.05 Å². The smallest absolute Gasteiger partial charge is 0.193 e. The number of likely N-dealkylation sites (N-methyl/N-ethyl adjacent to an activating group) is 1. The Morgan fingerprint density at radius 3 is 3.08 bits per heavy atom. The van der Waals surface area contributed by atoms with Crippen LogP contribution in [0.25, 0.3) is 0 Å². The van der Waals surface area contributed by atoms with Crippen LogP contribution in [0.4, 0.5) is 0 Å². The minimum Gasteiger partial charge on any atom is -0.370 e. The first kappa shape index (κ1) is 8.81. The van der Waals surface area contributed by atoms with Crippen LogP contribution in [0, 0.1) is 0 Å². The standard InChI is InChI=1S/C9H17N3O/c1-3-4-5-6-7-8(13-7)12(2)9(10)11-6/h6-8H,3-5H2,1-2H3,(H2,10,11). The number of hydrogen-bond donors (Lipinski definition) is 1. The van der Waals surface area contributed by atoms with Gasteiger partial charge in [0, 0.05) is 7.05 Å². The molecule has 2 aliphatic rings. The molecule has 0 spiro atoms. The van der Waals surface area contributed by atoms with Gasteiger partial charge in [0.05, 0.1) is 6.04 Å². The fraction of sp³-hybridized carbons (Fsp3) is 0.889. The molecule has 0 saturated carbocycles. The molecule has 0 bridgehead atoms. The van der Waals surface area contributed by atoms with Crippen LogP contribution in [0.2, 0.25) is 0 Å². The molecule has 2 aliphatic heterocycles. The van der Waals surface area contributed by atoms with E-state index < -0.39 is 0 Å². The van der Waals surface area contributed by atoms with E-state index in [1.807, 2.05) is 11.9 Å². The minimum absolute atomic E-state index is 0.208. The fourth-order valence-corrected chi connectivity index (χ4v) is 1.81. The van der Waals surface area contributed by atoms with Crippen LogP contribution >= 0.6 is 0 Å². The molecule has 4 nitrogen and oxygen atoms in total. The second kappa shape index (κ2) is 3.18. The molecule has 0 aromatic rings. The number of nitrogens with zero attached hydrogens (tertiary/aromatic N) is 2. The van der Waals surface area contributed by atoms with Crippen molar-refractivity contribution in [3.05, 3.63) is 0 Å². The third kappa shape index (κ3) is 1.50. The Morgan fingerprint density at radius 1 is 1.62 bits per heavy atom. The Labute approximate surface area is 78.8 Å². The van der Waals surface area contributed by atoms with Crippen molar-refractivity contribution < 1.29 is 4.74 Å². The van der Waals surface area contributed by atoms with Crippen molar-refractivity contribution in [3.63, 3.8) is 0 Å². The number of unbranched alkanes of at least 4 members (excludes halogenated alkanes) is 1. The lowest BCUT2D eigenvalue weighted by Gasteiger charge is -2.22. The Hall–Kier alpha value is -0.770. The van der Waals surface area contributed by atoms with Crippen molar-refractivity contribution in [2.24, 2.45) is 10.7 Å². The number of epoxide rings is 1. The molecule has 2 N–H and O–H groups in total. The molecule has 0 amide bonds. The van der Waals surface area contributed by atoms with Gasteiger partial charge in [0.2, 0.25) is 0 Å². The van der Waals surface area contributed by atoms with E-state index >= 15 is 0 Å². The molecule has 13 heavy (non-hydrogen) atoms. The van der Waals surface area contributed by atoms with E-state index in [0.29, 0.717) is 18.1 Å². The summed E-state index contributed by atoms with van der Waals surface area (Å²) in [6, 6.07) is 0.307. The Kier molecular flexibility index (Phi) is 2.15. The number of nitrogens with two attached hydrogens (primary N) is 1. The lowest BCUT2D eigenvalue weighted by Crippen LogP contribution is -2.43. The molecular weight excluding hydrogens is 166 g/mol. The van der Waals surface area contributed by atoms with Gasteiger partial charge >= 0.3 is 0 Å². The summed E-state index contributed by atoms with van der Waals surface area (Å²) in [6.07, 6.45) is 4.03. The van der Waals surface area contributed by atoms with Crippen molar-refractivity contribution in [1.82, 2.24) is 4.90 Å². The number of guanidine groups is 1. The molecule has 0 aromatic heterocycles. The van der Waals surface area contributed by atoms with Gasteiger partial charge in [0.15, 0.2) is 12.2 Å². The Balaban J connectivity index is 1.97. The molecule has 2 rings (SSSR count). The summed E-state index contributed by atoms with van der Waals surface area (Å²) in [5.41, 5.74) is 5.75. The highest BCUT2D eigenvalue weighted by Crippen LogP contribution is 2.34. The molecule has 2 heterocycles. The fourth-order valence-electron chi connectivity index (χ4n) is 1.81. The van der Waals surface area contributed by atoms with Crippen LogP contribution in [-0.2, 0) is 4.74 Å². The molecule has 4 heteroatoms. The van der Waals surface area contributed by atoms with Gasteiger partial charge in [-0.3, -0.25) is 0 Å². The zero-order valence-corrected chi connectivity index (χ0v) is 8.23. The van der Waals surface area contributed by atoms with Gasteiger partial charge < -0.3 is 15.4 Å². The Morgan fingerprint density at radius 2 is 2.38 bits per heavy atom. The first-order valence-corrected chi connectivity index (χ1v) is 4.95. The largest absolute Gasteiger partial charge is 0.370 e. The van der Waals surface area contributed by atoms with Crippen LogP contribution in [0.15, 0.2) is 4.99 Å². The maximum Gasteiger partial charge on any atom is 0.193 e. The van der Waals surface area contributed by atoms with E-state index in [1.54, 1.807) is 0 Å². The summed E-state index contributed by atoms with van der Waals surface area (Å²) in [7, 11) is 1.93. The average Bonchev–Trinajstić information content (AvgIpc) is 2.89. The molecule has 3 unspecified atom stereocenters. The van der Waals surface area contributed by atoms with Crippen molar-refractivity contribution in [2.45, 2.75) is 44.6 Å². The average molecular weight is 183 g/mol. The molecular formula is C9H17N3O. The van der Waals surface area contributed by atoms with Crippen LogP contribution in [0.1, 0.15) is 26.2 Å². The van der Waals surface area contributed by atoms with E-state index in [1.165, 1.54) is 12.8 Å². The molecule has 0 aliphatic carbocycles. The maximum atomic E-state index is 5.75. The van der Waals surface area contributed by atoms with E-state index in [9.17, 15) is 0 Å². The van der Waals surface area contributed by atoms with Gasteiger partial charge in [0.25, 0.3) is 0 Å². The van der Waals surface area contributed by atoms with Crippen molar-refractivity contribution in [3.8, 4) is 0 Å². The van der Waals surface area contributed by atoms with Gasteiger partial charge in [0.1, 0.15) is 6.10 Å². The van der Waals surface area contributed by atoms with E-state index in [-0.39, 0.29) is 6.23 Å². The summed E-state index contributed by atoms with van der Waals surface area (Å²) in [6.45, 7) is 2.19. The van der Waals surface area contributed by atoms with Crippen molar-refractivity contribution in [1.29, 1.82) is 0 Å². The lowest BCUT2D eigenvalue weighted by molar-refractivity contribution is 0.286. The minimum atomic E-state index is 0.208. The predicted molar refractivity (Wildman–Crippen MR) is 51.4 cm³/mol. The third-order valence-electron chi connectivity index (χ3n) is 2.77. The van der Waals surface area contributed by atoms with Gasteiger partial charge in [-0.15, -0.1) is 0 Å². The molecule has 74 valence electrons. The molecule has 0 aromatic carbocycles. The molecule has 3 atom stereocenters. The number of aliphatic imine (C=N–C) groups is 1. The normalized spacial score (nSPS) is 36.9. The maximum absolute atomic E-state index is 5.75. The number of rotatable bonds is 3. The summed E-state index contributed by atoms with van der Waals surface area (Å²) in [5.74, 6) is 0.625. The third-order valence-corrected chi connectivity index (χ3v) is 2.77. The van der Waals surface area contributed by atoms with Gasteiger partial charge in [-0.05, 0) is 6.42 Å². The second-order valence-electron chi connectivity index (χ2n) is 3.80. The molecule has 0 radical (unpaired) electrons. The zero-order valence-electron chi connectivity index (χ0n) is 8.23. The second-order valence-corrected chi connectivity index (χ2v) is 3.80.